The van der Waals surface area contributed by atoms with E-state index in [0.29, 0.717) is 6.42 Å². The summed E-state index contributed by atoms with van der Waals surface area (Å²) in [4.78, 5) is 23.2. The van der Waals surface area contributed by atoms with Crippen molar-refractivity contribution in [3.63, 3.8) is 0 Å². The predicted octanol–water partition coefficient (Wildman–Crippen LogP) is 2.21. The number of benzene rings is 1. The highest BCUT2D eigenvalue weighted by Crippen LogP contribution is 2.11. The van der Waals surface area contributed by atoms with Crippen LogP contribution in [-0.2, 0) is 20.7 Å². The second kappa shape index (κ2) is 9.08. The maximum Gasteiger partial charge on any atom is 0.407 e. The predicted molar refractivity (Wildman–Crippen MR) is 90.5 cm³/mol. The highest BCUT2D eigenvalue weighted by Gasteiger charge is 2.23. The normalized spacial score (nSPS) is 14.0. The van der Waals surface area contributed by atoms with Crippen LogP contribution in [0.15, 0.2) is 42.5 Å². The minimum absolute atomic E-state index is 0.382. The number of alkyl carbamates (subject to hydrolysis) is 1. The molecule has 1 amide bonds. The molecule has 132 valence electrons. The summed E-state index contributed by atoms with van der Waals surface area (Å²) < 4.78 is 9.72. The largest absolute Gasteiger partial charge is 0.466 e. The number of aliphatic hydroxyl groups is 1. The Morgan fingerprint density at radius 3 is 2.42 bits per heavy atom. The third-order valence-corrected chi connectivity index (χ3v) is 3.04. The van der Waals surface area contributed by atoms with E-state index >= 15 is 0 Å². The van der Waals surface area contributed by atoms with Gasteiger partial charge in [-0.1, -0.05) is 30.3 Å². The number of ether oxygens (including phenoxy) is 2. The van der Waals surface area contributed by atoms with Gasteiger partial charge in [0.1, 0.15) is 5.60 Å². The molecule has 1 rings (SSSR count). The molecule has 0 aliphatic rings. The summed E-state index contributed by atoms with van der Waals surface area (Å²) in [5.41, 5.74) is 0.290. The standard InChI is InChI=1S/C18H25NO5/c1-18(2,3)24-17(22)19-14(12-13-8-6-5-7-9-13)15(20)10-11-16(21)23-4/h5-11,14-15,20H,12H2,1-4H3,(H,19,22)/b11-10+/t14-,15+/m0/s1. The molecule has 1 aromatic carbocycles. The molecule has 6 nitrogen and oxygen atoms in total. The minimum Gasteiger partial charge on any atom is -0.466 e. The van der Waals surface area contributed by atoms with Crippen molar-refractivity contribution in [2.45, 2.75) is 44.9 Å². The van der Waals surface area contributed by atoms with E-state index in [9.17, 15) is 14.7 Å². The number of hydrogen-bond donors (Lipinski definition) is 2. The van der Waals surface area contributed by atoms with Crippen molar-refractivity contribution in [2.24, 2.45) is 0 Å². The second-order valence-electron chi connectivity index (χ2n) is 6.32. The summed E-state index contributed by atoms with van der Waals surface area (Å²) in [6.45, 7) is 5.27. The van der Waals surface area contributed by atoms with Crippen molar-refractivity contribution in [2.75, 3.05) is 7.11 Å². The number of aliphatic hydroxyl groups excluding tert-OH is 1. The molecule has 24 heavy (non-hydrogen) atoms. The van der Waals surface area contributed by atoms with Gasteiger partial charge in [-0.3, -0.25) is 0 Å². The molecule has 0 unspecified atom stereocenters. The number of methoxy groups -OCH3 is 1. The molecule has 0 radical (unpaired) electrons. The van der Waals surface area contributed by atoms with Crippen LogP contribution < -0.4 is 5.32 Å². The molecule has 0 spiro atoms. The van der Waals surface area contributed by atoms with Crippen LogP contribution >= 0.6 is 0 Å². The summed E-state index contributed by atoms with van der Waals surface area (Å²) >= 11 is 0. The van der Waals surface area contributed by atoms with Crippen LogP contribution in [0.4, 0.5) is 4.79 Å². The molecule has 0 aliphatic heterocycles. The monoisotopic (exact) mass is 335 g/mol. The first-order chi connectivity index (χ1) is 11.2. The summed E-state index contributed by atoms with van der Waals surface area (Å²) in [5, 5.41) is 12.9. The smallest absolute Gasteiger partial charge is 0.407 e. The third-order valence-electron chi connectivity index (χ3n) is 3.04. The quantitative estimate of drug-likeness (QED) is 0.615. The first-order valence-electron chi connectivity index (χ1n) is 7.69. The lowest BCUT2D eigenvalue weighted by molar-refractivity contribution is -0.134. The molecule has 2 N–H and O–H groups in total. The van der Waals surface area contributed by atoms with Gasteiger partial charge < -0.3 is 19.9 Å². The topological polar surface area (TPSA) is 84.9 Å². The lowest BCUT2D eigenvalue weighted by Crippen LogP contribution is -2.46. The maximum atomic E-state index is 12.0. The van der Waals surface area contributed by atoms with Gasteiger partial charge in [-0.25, -0.2) is 9.59 Å². The average molecular weight is 335 g/mol. The fourth-order valence-corrected chi connectivity index (χ4v) is 1.96. The number of nitrogens with one attached hydrogen (secondary N) is 1. The SMILES string of the molecule is COC(=O)/C=C/[C@@H](O)[C@H](Cc1ccccc1)NC(=O)OC(C)(C)C. The van der Waals surface area contributed by atoms with Crippen LogP contribution in [0.2, 0.25) is 0 Å². The van der Waals surface area contributed by atoms with E-state index in [2.05, 4.69) is 10.1 Å². The van der Waals surface area contributed by atoms with Crippen LogP contribution in [-0.4, -0.2) is 42.0 Å². The van der Waals surface area contributed by atoms with E-state index in [1.54, 1.807) is 20.8 Å². The zero-order valence-electron chi connectivity index (χ0n) is 14.5. The summed E-state index contributed by atoms with van der Waals surface area (Å²) in [5.74, 6) is -0.579. The van der Waals surface area contributed by atoms with Gasteiger partial charge in [0, 0.05) is 6.08 Å². The first-order valence-corrected chi connectivity index (χ1v) is 7.69. The number of hydrogen-bond acceptors (Lipinski definition) is 5. The Morgan fingerprint density at radius 2 is 1.88 bits per heavy atom. The van der Waals surface area contributed by atoms with Gasteiger partial charge in [0.25, 0.3) is 0 Å². The van der Waals surface area contributed by atoms with Crippen LogP contribution in [0, 0.1) is 0 Å². The third kappa shape index (κ3) is 7.78. The van der Waals surface area contributed by atoms with Gasteiger partial charge in [-0.05, 0) is 38.8 Å². The van der Waals surface area contributed by atoms with Crippen molar-refractivity contribution in [1.29, 1.82) is 0 Å². The zero-order chi connectivity index (χ0) is 18.2. The Bertz CT molecular complexity index is 563. The van der Waals surface area contributed by atoms with Gasteiger partial charge in [-0.15, -0.1) is 0 Å². The lowest BCUT2D eigenvalue weighted by atomic mass is 10.0. The van der Waals surface area contributed by atoms with Crippen molar-refractivity contribution in [1.82, 2.24) is 5.32 Å². The minimum atomic E-state index is -1.07. The van der Waals surface area contributed by atoms with Crippen molar-refractivity contribution >= 4 is 12.1 Å². The molecule has 0 saturated heterocycles. The van der Waals surface area contributed by atoms with E-state index in [4.69, 9.17) is 4.74 Å². The molecule has 0 aliphatic carbocycles. The molecule has 0 aromatic heterocycles. The Morgan fingerprint density at radius 1 is 1.25 bits per heavy atom. The molecule has 0 saturated carbocycles. The van der Waals surface area contributed by atoms with Gasteiger partial charge in [0.05, 0.1) is 19.3 Å². The van der Waals surface area contributed by atoms with Gasteiger partial charge in [0.15, 0.2) is 0 Å². The fraction of sp³-hybridized carbons (Fsp3) is 0.444. The van der Waals surface area contributed by atoms with Gasteiger partial charge in [0.2, 0.25) is 0 Å². The molecule has 0 bridgehead atoms. The highest BCUT2D eigenvalue weighted by molar-refractivity contribution is 5.81. The van der Waals surface area contributed by atoms with Crippen molar-refractivity contribution in [3.8, 4) is 0 Å². The molecule has 0 heterocycles. The molecular weight excluding hydrogens is 310 g/mol. The zero-order valence-corrected chi connectivity index (χ0v) is 14.5. The molecule has 6 heteroatoms. The second-order valence-corrected chi connectivity index (χ2v) is 6.32. The molecule has 0 fully saturated rings. The molecular formula is C18H25NO5. The Labute approximate surface area is 142 Å². The molecule has 2 atom stereocenters. The first kappa shape index (κ1) is 19.7. The highest BCUT2D eigenvalue weighted by atomic mass is 16.6. The van der Waals surface area contributed by atoms with Crippen LogP contribution in [0.5, 0.6) is 0 Å². The Kier molecular flexibility index (Phi) is 7.45. The van der Waals surface area contributed by atoms with Crippen LogP contribution in [0.3, 0.4) is 0 Å². The van der Waals surface area contributed by atoms with E-state index in [1.807, 2.05) is 30.3 Å². The van der Waals surface area contributed by atoms with Crippen LogP contribution in [0.25, 0.3) is 0 Å². The van der Waals surface area contributed by atoms with Crippen LogP contribution in [0.1, 0.15) is 26.3 Å². The number of esters is 1. The van der Waals surface area contributed by atoms with E-state index in [0.717, 1.165) is 11.6 Å². The lowest BCUT2D eigenvalue weighted by Gasteiger charge is -2.25. The van der Waals surface area contributed by atoms with Gasteiger partial charge >= 0.3 is 12.1 Å². The number of rotatable bonds is 6. The maximum absolute atomic E-state index is 12.0. The van der Waals surface area contributed by atoms with Crippen molar-refractivity contribution < 1.29 is 24.2 Å². The fourth-order valence-electron chi connectivity index (χ4n) is 1.96. The van der Waals surface area contributed by atoms with E-state index in [-0.39, 0.29) is 0 Å². The average Bonchev–Trinajstić information content (AvgIpc) is 2.50. The summed E-state index contributed by atoms with van der Waals surface area (Å²) in [6.07, 6.45) is 1.09. The summed E-state index contributed by atoms with van der Waals surface area (Å²) in [6, 6.07) is 8.75. The number of carbonyl (C=O) groups excluding carboxylic acids is 2. The summed E-state index contributed by atoms with van der Waals surface area (Å²) in [7, 11) is 1.25. The van der Waals surface area contributed by atoms with E-state index in [1.165, 1.54) is 13.2 Å². The number of carbonyl (C=O) groups is 2. The Balaban J connectivity index is 2.84. The van der Waals surface area contributed by atoms with Crippen molar-refractivity contribution in [3.05, 3.63) is 48.0 Å². The number of amides is 1. The van der Waals surface area contributed by atoms with Gasteiger partial charge in [-0.2, -0.15) is 0 Å². The molecule has 1 aromatic rings. The Hall–Kier alpha value is -2.34. The van der Waals surface area contributed by atoms with E-state index < -0.39 is 29.8 Å².